The summed E-state index contributed by atoms with van der Waals surface area (Å²) in [6.45, 7) is 1.23. The average Bonchev–Trinajstić information content (AvgIpc) is 3.18. The largest absolute Gasteiger partial charge is 0.382 e. The molecule has 3 aliphatic rings. The molecular formula is C28H28N5O2+. The van der Waals surface area contributed by atoms with Crippen molar-refractivity contribution in [1.29, 1.82) is 0 Å². The Morgan fingerprint density at radius 1 is 1.00 bits per heavy atom. The van der Waals surface area contributed by atoms with Crippen LogP contribution in [0.25, 0.3) is 22.2 Å². The van der Waals surface area contributed by atoms with Crippen molar-refractivity contribution < 1.29 is 14.1 Å². The van der Waals surface area contributed by atoms with Crippen molar-refractivity contribution >= 4 is 23.0 Å². The van der Waals surface area contributed by atoms with Gasteiger partial charge in [0.25, 0.3) is 5.84 Å². The number of nitrogens with two attached hydrogens (primary N) is 1. The van der Waals surface area contributed by atoms with Crippen LogP contribution in [0.15, 0.2) is 94.4 Å². The van der Waals surface area contributed by atoms with Crippen molar-refractivity contribution in [3.8, 4) is 11.3 Å². The molecule has 0 radical (unpaired) electrons. The molecule has 2 aliphatic heterocycles. The number of aliphatic imine (C=N–C) groups is 2. The molecule has 3 aromatic rings. The van der Waals surface area contributed by atoms with Gasteiger partial charge in [0.15, 0.2) is 0 Å². The number of hydrogen-bond acceptors (Lipinski definition) is 6. The molecule has 7 nitrogen and oxygen atoms in total. The Morgan fingerprint density at radius 2 is 1.83 bits per heavy atom. The van der Waals surface area contributed by atoms with Gasteiger partial charge in [-0.1, -0.05) is 42.5 Å². The molecule has 6 rings (SSSR count). The van der Waals surface area contributed by atoms with Crippen molar-refractivity contribution in [3.63, 3.8) is 0 Å². The summed E-state index contributed by atoms with van der Waals surface area (Å²) in [6, 6.07) is 20.6. The number of amidine groups is 1. The molecule has 2 N–H and O–H groups in total. The number of rotatable bonds is 7. The van der Waals surface area contributed by atoms with E-state index in [0.717, 1.165) is 57.8 Å². The fourth-order valence-electron chi connectivity index (χ4n) is 4.96. The summed E-state index contributed by atoms with van der Waals surface area (Å²) in [7, 11) is 1.69. The van der Waals surface area contributed by atoms with Gasteiger partial charge in [0.05, 0.1) is 48.5 Å². The van der Waals surface area contributed by atoms with Gasteiger partial charge in [-0.2, -0.15) is 10.8 Å². The number of methoxy groups -OCH3 is 1. The number of fused-ring (bicyclic) bond motifs is 2. The van der Waals surface area contributed by atoms with Crippen LogP contribution in [-0.2, 0) is 9.47 Å². The Labute approximate surface area is 204 Å². The lowest BCUT2D eigenvalue weighted by molar-refractivity contribution is -0.750. The van der Waals surface area contributed by atoms with E-state index in [1.54, 1.807) is 13.3 Å². The summed E-state index contributed by atoms with van der Waals surface area (Å²) in [5.74, 6) is 8.04. The van der Waals surface area contributed by atoms with Gasteiger partial charge in [0, 0.05) is 24.0 Å². The zero-order valence-corrected chi connectivity index (χ0v) is 19.7. The molecule has 3 heterocycles. The minimum Gasteiger partial charge on any atom is -0.382 e. The topological polar surface area (TPSA) is 82.1 Å². The van der Waals surface area contributed by atoms with Crippen LogP contribution < -0.4 is 5.84 Å². The number of hydrogen-bond donors (Lipinski definition) is 1. The van der Waals surface area contributed by atoms with E-state index in [-0.39, 0.29) is 10.7 Å². The van der Waals surface area contributed by atoms with Gasteiger partial charge < -0.3 is 9.47 Å². The molecule has 0 spiro atoms. The van der Waals surface area contributed by atoms with E-state index in [9.17, 15) is 0 Å². The van der Waals surface area contributed by atoms with Crippen LogP contribution in [0.3, 0.4) is 0 Å². The van der Waals surface area contributed by atoms with Crippen molar-refractivity contribution in [1.82, 2.24) is 4.98 Å². The van der Waals surface area contributed by atoms with E-state index in [2.05, 4.69) is 47.5 Å². The van der Waals surface area contributed by atoms with Crippen molar-refractivity contribution in [2.45, 2.75) is 18.9 Å². The highest BCUT2D eigenvalue weighted by Gasteiger charge is 2.48. The smallest absolute Gasteiger partial charge is 0.264 e. The lowest BCUT2D eigenvalue weighted by atomic mass is 9.79. The van der Waals surface area contributed by atoms with Crippen molar-refractivity contribution in [2.24, 2.45) is 21.7 Å². The van der Waals surface area contributed by atoms with Crippen molar-refractivity contribution in [2.75, 3.05) is 20.3 Å². The van der Waals surface area contributed by atoms with Gasteiger partial charge in [-0.3, -0.25) is 4.99 Å². The normalized spacial score (nSPS) is 25.0. The predicted molar refractivity (Wildman–Crippen MR) is 137 cm³/mol. The first-order valence-electron chi connectivity index (χ1n) is 11.9. The summed E-state index contributed by atoms with van der Waals surface area (Å²) in [4.78, 5) is 14.4. The zero-order valence-electron chi connectivity index (χ0n) is 19.7. The van der Waals surface area contributed by atoms with Gasteiger partial charge in [0.1, 0.15) is 11.9 Å². The Bertz CT molecular complexity index is 1390. The molecule has 0 amide bonds. The van der Waals surface area contributed by atoms with E-state index in [0.29, 0.717) is 19.1 Å². The maximum Gasteiger partial charge on any atom is 0.264 e. The second kappa shape index (κ2) is 8.94. The van der Waals surface area contributed by atoms with Crippen LogP contribution in [0.2, 0.25) is 0 Å². The fourth-order valence-corrected chi connectivity index (χ4v) is 4.96. The molecular weight excluding hydrogens is 438 g/mol. The Hall–Kier alpha value is -3.49. The number of allylic oxidation sites excluding steroid dienone is 2. The van der Waals surface area contributed by atoms with E-state index >= 15 is 0 Å². The quantitative estimate of drug-likeness (QED) is 0.314. The first kappa shape index (κ1) is 22.0. The lowest BCUT2D eigenvalue weighted by Gasteiger charge is -2.35. The average molecular weight is 467 g/mol. The highest BCUT2D eigenvalue weighted by atomic mass is 16.5. The Balaban J connectivity index is 1.33. The molecule has 7 heteroatoms. The minimum absolute atomic E-state index is 0.0222. The maximum absolute atomic E-state index is 6.95. The highest BCUT2D eigenvalue weighted by molar-refractivity contribution is 6.02. The summed E-state index contributed by atoms with van der Waals surface area (Å²) < 4.78 is 11.0. The van der Waals surface area contributed by atoms with Crippen LogP contribution in [0.5, 0.6) is 0 Å². The third kappa shape index (κ3) is 3.92. The molecule has 1 aromatic heterocycles. The van der Waals surface area contributed by atoms with Crippen LogP contribution in [-0.4, -0.2) is 48.1 Å². The number of quaternary nitrogens is 1. The molecule has 2 aromatic carbocycles. The van der Waals surface area contributed by atoms with Gasteiger partial charge in [-0.05, 0) is 31.0 Å². The first-order chi connectivity index (χ1) is 17.2. The Kier molecular flexibility index (Phi) is 5.62. The number of benzene rings is 2. The second-order valence-electron chi connectivity index (χ2n) is 9.18. The molecule has 0 bridgehead atoms. The predicted octanol–water partition coefficient (Wildman–Crippen LogP) is 4.56. The van der Waals surface area contributed by atoms with E-state index in [1.807, 2.05) is 30.6 Å². The standard InChI is InChI=1S/C28H28N5O2/c1-34-13-14-35-23-15-22(16-23)27-26-18-30-11-12-33(26,29)28(32-27)21-8-7-20-9-10-24(31-25(20)17-21)19-5-3-2-4-6-19/h2-12,17-18,22-23H,13-16,29H2,1H3/q+1. The van der Waals surface area contributed by atoms with Gasteiger partial charge in [-0.25, -0.2) is 4.98 Å². The second-order valence-corrected chi connectivity index (χ2v) is 9.18. The molecule has 1 aliphatic carbocycles. The zero-order chi connectivity index (χ0) is 23.8. The minimum atomic E-state index is 0.0222. The van der Waals surface area contributed by atoms with Gasteiger partial charge in [-0.15, -0.1) is 4.59 Å². The third-order valence-corrected chi connectivity index (χ3v) is 6.96. The first-order valence-corrected chi connectivity index (χ1v) is 11.9. The molecule has 0 saturated heterocycles. The summed E-state index contributed by atoms with van der Waals surface area (Å²) in [6.07, 6.45) is 7.57. The van der Waals surface area contributed by atoms with E-state index in [1.165, 1.54) is 0 Å². The van der Waals surface area contributed by atoms with Crippen LogP contribution >= 0.6 is 0 Å². The van der Waals surface area contributed by atoms with Crippen LogP contribution in [0, 0.1) is 5.92 Å². The highest BCUT2D eigenvalue weighted by Crippen LogP contribution is 2.43. The number of aromatic nitrogens is 1. The third-order valence-electron chi connectivity index (χ3n) is 6.96. The van der Waals surface area contributed by atoms with Crippen molar-refractivity contribution in [3.05, 3.63) is 90.0 Å². The van der Waals surface area contributed by atoms with Gasteiger partial charge in [0.2, 0.25) is 5.70 Å². The van der Waals surface area contributed by atoms with Gasteiger partial charge >= 0.3 is 0 Å². The van der Waals surface area contributed by atoms with Crippen LogP contribution in [0.4, 0.5) is 0 Å². The van der Waals surface area contributed by atoms with Crippen LogP contribution in [0.1, 0.15) is 18.4 Å². The lowest BCUT2D eigenvalue weighted by Crippen LogP contribution is -2.53. The Morgan fingerprint density at radius 3 is 2.66 bits per heavy atom. The number of pyridine rings is 1. The molecule has 1 fully saturated rings. The summed E-state index contributed by atoms with van der Waals surface area (Å²) in [5, 5.41) is 1.08. The molecule has 176 valence electrons. The fraction of sp³-hybridized carbons (Fsp3) is 0.250. The SMILES string of the molecule is COCCOC1CC(C2=C3C=NC=C[N+]3(N)C(c3ccc4ccc(-c5ccccc5)nc4c3)=N2)C1. The molecule has 1 atom stereocenters. The maximum atomic E-state index is 6.95. The monoisotopic (exact) mass is 466 g/mol. The molecule has 1 saturated carbocycles. The number of ether oxygens (including phenoxy) is 2. The van der Waals surface area contributed by atoms with E-state index in [4.69, 9.17) is 25.3 Å². The summed E-state index contributed by atoms with van der Waals surface area (Å²) >= 11 is 0. The number of nitrogens with zero attached hydrogens (tertiary/aromatic N) is 4. The van der Waals surface area contributed by atoms with E-state index < -0.39 is 0 Å². The molecule has 1 unspecified atom stereocenters. The summed E-state index contributed by atoms with van der Waals surface area (Å²) in [5.41, 5.74) is 5.84. The molecule has 35 heavy (non-hydrogen) atoms.